The van der Waals surface area contributed by atoms with E-state index in [9.17, 15) is 0 Å². The molecule has 4 heteroatoms. The van der Waals surface area contributed by atoms with Crippen LogP contribution in [0.25, 0.3) is 0 Å². The van der Waals surface area contributed by atoms with Crippen molar-refractivity contribution in [2.75, 3.05) is 39.4 Å². The van der Waals surface area contributed by atoms with E-state index in [0.29, 0.717) is 18.2 Å². The number of hydrogen-bond acceptors (Lipinski definition) is 4. The second kappa shape index (κ2) is 5.96. The molecule has 0 aliphatic carbocycles. The van der Waals surface area contributed by atoms with E-state index in [2.05, 4.69) is 24.1 Å². The Morgan fingerprint density at radius 3 is 2.94 bits per heavy atom. The molecule has 2 rings (SSSR count). The Morgan fingerprint density at radius 2 is 2.25 bits per heavy atom. The average molecular weight is 228 g/mol. The summed E-state index contributed by atoms with van der Waals surface area (Å²) in [7, 11) is 0. The van der Waals surface area contributed by atoms with Crippen LogP contribution in [0.3, 0.4) is 0 Å². The van der Waals surface area contributed by atoms with Crippen molar-refractivity contribution >= 4 is 0 Å². The first-order valence-electron chi connectivity index (χ1n) is 6.47. The third kappa shape index (κ3) is 3.17. The summed E-state index contributed by atoms with van der Waals surface area (Å²) in [6, 6.07) is 0.571. The number of ether oxygens (including phenoxy) is 2. The van der Waals surface area contributed by atoms with Gasteiger partial charge in [-0.1, -0.05) is 6.92 Å². The minimum atomic E-state index is 0.355. The molecule has 0 bridgehead atoms. The van der Waals surface area contributed by atoms with Gasteiger partial charge in [0.1, 0.15) is 0 Å². The summed E-state index contributed by atoms with van der Waals surface area (Å²) in [5, 5.41) is 3.39. The van der Waals surface area contributed by atoms with Crippen molar-refractivity contribution in [3.8, 4) is 0 Å². The highest BCUT2D eigenvalue weighted by Gasteiger charge is 2.28. The Hall–Kier alpha value is -0.160. The van der Waals surface area contributed by atoms with Crippen molar-refractivity contribution in [1.29, 1.82) is 0 Å². The molecule has 0 aromatic heterocycles. The lowest BCUT2D eigenvalue weighted by molar-refractivity contribution is -0.0798. The fourth-order valence-corrected chi connectivity index (χ4v) is 2.51. The highest BCUT2D eigenvalue weighted by atomic mass is 16.5. The molecule has 3 unspecified atom stereocenters. The summed E-state index contributed by atoms with van der Waals surface area (Å²) in [5.41, 5.74) is 0. The van der Waals surface area contributed by atoms with E-state index in [1.54, 1.807) is 0 Å². The lowest BCUT2D eigenvalue weighted by Gasteiger charge is -2.40. The molecule has 0 spiro atoms. The summed E-state index contributed by atoms with van der Waals surface area (Å²) < 4.78 is 11.5. The first-order valence-corrected chi connectivity index (χ1v) is 6.47. The van der Waals surface area contributed by atoms with E-state index in [-0.39, 0.29) is 0 Å². The Kier molecular flexibility index (Phi) is 4.58. The first kappa shape index (κ1) is 12.3. The standard InChI is InChI=1S/C12H24N2O2/c1-3-11-9-16-10(2)7-14(11)8-12-6-13-4-5-15-12/h10-13H,3-9H2,1-2H3. The van der Waals surface area contributed by atoms with Crippen LogP contribution in [0.5, 0.6) is 0 Å². The molecule has 0 aromatic carbocycles. The van der Waals surface area contributed by atoms with Crippen molar-refractivity contribution in [3.63, 3.8) is 0 Å². The molecule has 4 nitrogen and oxygen atoms in total. The van der Waals surface area contributed by atoms with Crippen molar-refractivity contribution < 1.29 is 9.47 Å². The van der Waals surface area contributed by atoms with Gasteiger partial charge in [0.05, 0.1) is 25.4 Å². The molecule has 0 aromatic rings. The zero-order valence-electron chi connectivity index (χ0n) is 10.4. The van der Waals surface area contributed by atoms with E-state index in [0.717, 1.165) is 45.8 Å². The van der Waals surface area contributed by atoms with Crippen molar-refractivity contribution in [1.82, 2.24) is 10.2 Å². The van der Waals surface area contributed by atoms with Crippen LogP contribution < -0.4 is 5.32 Å². The van der Waals surface area contributed by atoms with Gasteiger partial charge in [-0.25, -0.2) is 0 Å². The van der Waals surface area contributed by atoms with Gasteiger partial charge in [0, 0.05) is 32.2 Å². The van der Waals surface area contributed by atoms with Gasteiger partial charge in [0.2, 0.25) is 0 Å². The molecule has 16 heavy (non-hydrogen) atoms. The number of hydrogen-bond donors (Lipinski definition) is 1. The molecule has 2 aliphatic rings. The second-order valence-electron chi connectivity index (χ2n) is 4.86. The minimum Gasteiger partial charge on any atom is -0.376 e. The lowest BCUT2D eigenvalue weighted by Crippen LogP contribution is -2.54. The van der Waals surface area contributed by atoms with Crippen LogP contribution in [0.2, 0.25) is 0 Å². The third-order valence-corrected chi connectivity index (χ3v) is 3.49. The van der Waals surface area contributed by atoms with Crippen LogP contribution in [0.1, 0.15) is 20.3 Å². The van der Waals surface area contributed by atoms with Gasteiger partial charge in [-0.15, -0.1) is 0 Å². The van der Waals surface area contributed by atoms with E-state index in [1.165, 1.54) is 0 Å². The van der Waals surface area contributed by atoms with Gasteiger partial charge >= 0.3 is 0 Å². The van der Waals surface area contributed by atoms with Gasteiger partial charge in [-0.2, -0.15) is 0 Å². The molecule has 2 saturated heterocycles. The lowest BCUT2D eigenvalue weighted by atomic mass is 10.1. The molecular formula is C12H24N2O2. The highest BCUT2D eigenvalue weighted by Crippen LogP contribution is 2.15. The zero-order valence-corrected chi connectivity index (χ0v) is 10.4. The van der Waals surface area contributed by atoms with E-state index < -0.39 is 0 Å². The van der Waals surface area contributed by atoms with Gasteiger partial charge in [-0.05, 0) is 13.3 Å². The summed E-state index contributed by atoms with van der Waals surface area (Å²) in [4.78, 5) is 2.53. The van der Waals surface area contributed by atoms with Crippen LogP contribution in [0.4, 0.5) is 0 Å². The van der Waals surface area contributed by atoms with Crippen molar-refractivity contribution in [3.05, 3.63) is 0 Å². The van der Waals surface area contributed by atoms with Gasteiger partial charge < -0.3 is 14.8 Å². The normalized spacial score (nSPS) is 37.5. The Labute approximate surface area is 98.3 Å². The molecule has 0 saturated carbocycles. The van der Waals surface area contributed by atoms with Crippen molar-refractivity contribution in [2.45, 2.75) is 38.5 Å². The van der Waals surface area contributed by atoms with Crippen LogP contribution in [0.15, 0.2) is 0 Å². The molecule has 2 fully saturated rings. The maximum atomic E-state index is 5.76. The van der Waals surface area contributed by atoms with E-state index >= 15 is 0 Å². The molecule has 2 aliphatic heterocycles. The van der Waals surface area contributed by atoms with E-state index in [1.807, 2.05) is 0 Å². The number of nitrogens with zero attached hydrogens (tertiary/aromatic N) is 1. The van der Waals surface area contributed by atoms with Gasteiger partial charge in [-0.3, -0.25) is 4.90 Å². The van der Waals surface area contributed by atoms with Crippen LogP contribution in [-0.2, 0) is 9.47 Å². The fourth-order valence-electron chi connectivity index (χ4n) is 2.51. The molecule has 0 radical (unpaired) electrons. The predicted octanol–water partition coefficient (Wildman–Crippen LogP) is 0.474. The van der Waals surface area contributed by atoms with Crippen LogP contribution in [-0.4, -0.2) is 62.5 Å². The van der Waals surface area contributed by atoms with Crippen LogP contribution >= 0.6 is 0 Å². The fraction of sp³-hybridized carbons (Fsp3) is 1.00. The maximum absolute atomic E-state index is 5.76. The number of rotatable bonds is 3. The molecule has 3 atom stereocenters. The molecule has 94 valence electrons. The summed E-state index contributed by atoms with van der Waals surface area (Å²) >= 11 is 0. The summed E-state index contributed by atoms with van der Waals surface area (Å²) in [5.74, 6) is 0. The number of morpholine rings is 2. The molecular weight excluding hydrogens is 204 g/mol. The maximum Gasteiger partial charge on any atom is 0.0826 e. The summed E-state index contributed by atoms with van der Waals surface area (Å²) in [6.45, 7) is 10.2. The number of nitrogens with one attached hydrogen (secondary N) is 1. The van der Waals surface area contributed by atoms with E-state index in [4.69, 9.17) is 9.47 Å². The highest BCUT2D eigenvalue weighted by molar-refractivity contribution is 4.81. The Morgan fingerprint density at radius 1 is 1.38 bits per heavy atom. The quantitative estimate of drug-likeness (QED) is 0.761. The summed E-state index contributed by atoms with van der Waals surface area (Å²) in [6.07, 6.45) is 1.87. The molecule has 0 amide bonds. The van der Waals surface area contributed by atoms with Gasteiger partial charge in [0.25, 0.3) is 0 Å². The molecule has 2 heterocycles. The average Bonchev–Trinajstić information content (AvgIpc) is 2.31. The second-order valence-corrected chi connectivity index (χ2v) is 4.86. The van der Waals surface area contributed by atoms with Gasteiger partial charge in [0.15, 0.2) is 0 Å². The topological polar surface area (TPSA) is 33.7 Å². The minimum absolute atomic E-state index is 0.355. The largest absolute Gasteiger partial charge is 0.376 e. The van der Waals surface area contributed by atoms with Crippen molar-refractivity contribution in [2.24, 2.45) is 0 Å². The SMILES string of the molecule is CCC1COC(C)CN1CC1CNCCO1. The Bertz CT molecular complexity index is 207. The first-order chi connectivity index (χ1) is 7.79. The Balaban J connectivity index is 1.84. The third-order valence-electron chi connectivity index (χ3n) is 3.49. The molecule has 1 N–H and O–H groups in total. The smallest absolute Gasteiger partial charge is 0.0826 e. The zero-order chi connectivity index (χ0) is 11.4. The van der Waals surface area contributed by atoms with Crippen LogP contribution in [0, 0.1) is 0 Å². The predicted molar refractivity (Wildman–Crippen MR) is 63.7 cm³/mol. The monoisotopic (exact) mass is 228 g/mol.